The summed E-state index contributed by atoms with van der Waals surface area (Å²) in [7, 11) is 4.13. The van der Waals surface area contributed by atoms with Crippen molar-refractivity contribution >= 4 is 11.3 Å². The number of nitrogens with zero attached hydrogens (tertiary/aromatic N) is 1. The maximum absolute atomic E-state index is 3.05. The Morgan fingerprint density at radius 3 is 2.89 bits per heavy atom. The second-order valence-corrected chi connectivity index (χ2v) is 3.02. The lowest BCUT2D eigenvalue weighted by molar-refractivity contribution is 0.403. The third kappa shape index (κ3) is 2.16. The average molecular weight is 140 g/mol. The van der Waals surface area contributed by atoms with Gasteiger partial charge in [-0.1, -0.05) is 0 Å². The van der Waals surface area contributed by atoms with E-state index in [-0.39, 0.29) is 0 Å². The molecule has 0 aromatic carbocycles. The molecule has 0 unspecified atom stereocenters. The molecule has 49 valence electrons. The van der Waals surface area contributed by atoms with Crippen molar-refractivity contribution < 1.29 is 0 Å². The van der Waals surface area contributed by atoms with Gasteiger partial charge in [-0.15, -0.1) is 11.3 Å². The van der Waals surface area contributed by atoms with Crippen LogP contribution in [0.3, 0.4) is 0 Å². The summed E-state index contributed by atoms with van der Waals surface area (Å²) in [6, 6.07) is 2.03. The molecule has 1 aromatic heterocycles. The van der Waals surface area contributed by atoms with Gasteiger partial charge in [-0.05, 0) is 31.1 Å². The molecule has 1 rings (SSSR count). The van der Waals surface area contributed by atoms with Crippen molar-refractivity contribution in [2.45, 2.75) is 6.54 Å². The van der Waals surface area contributed by atoms with E-state index in [9.17, 15) is 0 Å². The summed E-state index contributed by atoms with van der Waals surface area (Å²) in [5.41, 5.74) is 1.35. The van der Waals surface area contributed by atoms with Crippen LogP contribution in [0.1, 0.15) is 5.56 Å². The van der Waals surface area contributed by atoms with E-state index in [0.717, 1.165) is 6.54 Å². The standard InChI is InChI=1S/C7H10NS/c1-8(2)5-7-3-4-9-6-7/h3,6H,5H2,1-2H3. The first-order valence-corrected chi connectivity index (χ1v) is 3.75. The summed E-state index contributed by atoms with van der Waals surface area (Å²) < 4.78 is 0. The van der Waals surface area contributed by atoms with E-state index in [1.165, 1.54) is 5.56 Å². The summed E-state index contributed by atoms with van der Waals surface area (Å²) in [4.78, 5) is 2.15. The molecular formula is C7H10NS. The molecule has 9 heavy (non-hydrogen) atoms. The lowest BCUT2D eigenvalue weighted by Crippen LogP contribution is -2.09. The van der Waals surface area contributed by atoms with Crippen LogP contribution in [0.25, 0.3) is 0 Å². The van der Waals surface area contributed by atoms with Gasteiger partial charge in [0.2, 0.25) is 0 Å². The summed E-state index contributed by atoms with van der Waals surface area (Å²) in [5, 5.41) is 5.18. The van der Waals surface area contributed by atoms with Crippen LogP contribution in [0.15, 0.2) is 11.4 Å². The highest BCUT2D eigenvalue weighted by atomic mass is 32.1. The SMILES string of the molecule is CN(C)Cc1c[c]sc1. The van der Waals surface area contributed by atoms with Crippen LogP contribution >= 0.6 is 11.3 Å². The maximum Gasteiger partial charge on any atom is 0.0445 e. The van der Waals surface area contributed by atoms with Crippen LogP contribution in [0.5, 0.6) is 0 Å². The summed E-state index contributed by atoms with van der Waals surface area (Å²) in [6.45, 7) is 1.03. The average Bonchev–Trinajstić information content (AvgIpc) is 2.15. The minimum atomic E-state index is 1.03. The van der Waals surface area contributed by atoms with Crippen molar-refractivity contribution in [1.29, 1.82) is 0 Å². The van der Waals surface area contributed by atoms with Crippen LogP contribution < -0.4 is 0 Å². The predicted molar refractivity (Wildman–Crippen MR) is 40.5 cm³/mol. The normalized spacial score (nSPS) is 10.6. The molecule has 0 N–H and O–H groups in total. The Morgan fingerprint density at radius 2 is 2.44 bits per heavy atom. The fourth-order valence-electron chi connectivity index (χ4n) is 0.701. The van der Waals surface area contributed by atoms with Crippen LogP contribution in [0.2, 0.25) is 0 Å². The van der Waals surface area contributed by atoms with Crippen molar-refractivity contribution in [1.82, 2.24) is 4.90 Å². The molecular weight excluding hydrogens is 130 g/mol. The number of hydrogen-bond donors (Lipinski definition) is 0. The molecule has 0 bridgehead atoms. The lowest BCUT2D eigenvalue weighted by Gasteiger charge is -2.05. The first kappa shape index (κ1) is 6.78. The number of thiophene rings is 1. The van der Waals surface area contributed by atoms with E-state index in [1.807, 2.05) is 6.07 Å². The summed E-state index contributed by atoms with van der Waals surface area (Å²) in [6.07, 6.45) is 0. The molecule has 1 radical (unpaired) electrons. The largest absolute Gasteiger partial charge is 0.305 e. The Hall–Kier alpha value is -0.340. The van der Waals surface area contributed by atoms with Crippen molar-refractivity contribution in [2.75, 3.05) is 14.1 Å². The van der Waals surface area contributed by atoms with Gasteiger partial charge in [0.25, 0.3) is 0 Å². The second-order valence-electron chi connectivity index (χ2n) is 2.31. The molecule has 0 saturated heterocycles. The van der Waals surface area contributed by atoms with Crippen LogP contribution in [-0.2, 0) is 6.54 Å². The Kier molecular flexibility index (Phi) is 2.25. The quantitative estimate of drug-likeness (QED) is 0.603. The molecule has 0 aliphatic heterocycles. The Morgan fingerprint density at radius 1 is 1.67 bits per heavy atom. The maximum atomic E-state index is 3.05. The van der Waals surface area contributed by atoms with E-state index in [4.69, 9.17) is 0 Å². The molecule has 1 nitrogen and oxygen atoms in total. The molecule has 1 aromatic rings. The Bertz CT molecular complexity index is 155. The number of rotatable bonds is 2. The van der Waals surface area contributed by atoms with E-state index in [0.29, 0.717) is 0 Å². The molecule has 0 amide bonds. The highest BCUT2D eigenvalue weighted by Gasteiger charge is 1.92. The molecule has 0 atom stereocenters. The lowest BCUT2D eigenvalue weighted by atomic mass is 10.3. The van der Waals surface area contributed by atoms with Gasteiger partial charge in [-0.25, -0.2) is 0 Å². The molecule has 0 aliphatic rings. The summed E-state index contributed by atoms with van der Waals surface area (Å²) in [5.74, 6) is 0. The van der Waals surface area contributed by atoms with E-state index < -0.39 is 0 Å². The zero-order valence-electron chi connectivity index (χ0n) is 5.72. The second kappa shape index (κ2) is 2.99. The van der Waals surface area contributed by atoms with Gasteiger partial charge in [0.05, 0.1) is 0 Å². The molecule has 1 heterocycles. The van der Waals surface area contributed by atoms with Crippen molar-refractivity contribution in [2.24, 2.45) is 0 Å². The third-order valence-corrected chi connectivity index (χ3v) is 1.70. The smallest absolute Gasteiger partial charge is 0.0445 e. The topological polar surface area (TPSA) is 3.24 Å². The van der Waals surface area contributed by atoms with E-state index >= 15 is 0 Å². The Balaban J connectivity index is 2.48. The molecule has 2 heteroatoms. The minimum absolute atomic E-state index is 1.03. The van der Waals surface area contributed by atoms with Gasteiger partial charge < -0.3 is 4.90 Å². The van der Waals surface area contributed by atoms with Gasteiger partial charge in [0, 0.05) is 11.9 Å². The van der Waals surface area contributed by atoms with E-state index in [2.05, 4.69) is 29.8 Å². The third-order valence-electron chi connectivity index (χ3n) is 1.02. The minimum Gasteiger partial charge on any atom is -0.305 e. The van der Waals surface area contributed by atoms with Crippen LogP contribution in [0, 0.1) is 5.38 Å². The first-order chi connectivity index (χ1) is 4.29. The van der Waals surface area contributed by atoms with Gasteiger partial charge in [-0.2, -0.15) is 0 Å². The zero-order valence-corrected chi connectivity index (χ0v) is 6.53. The fourth-order valence-corrected chi connectivity index (χ4v) is 1.28. The van der Waals surface area contributed by atoms with Gasteiger partial charge in [0.1, 0.15) is 0 Å². The summed E-state index contributed by atoms with van der Waals surface area (Å²) >= 11 is 1.63. The molecule has 0 aliphatic carbocycles. The van der Waals surface area contributed by atoms with Gasteiger partial charge >= 0.3 is 0 Å². The van der Waals surface area contributed by atoms with Crippen molar-refractivity contribution in [3.63, 3.8) is 0 Å². The van der Waals surface area contributed by atoms with Gasteiger partial charge in [-0.3, -0.25) is 0 Å². The zero-order chi connectivity index (χ0) is 6.69. The van der Waals surface area contributed by atoms with Crippen LogP contribution in [-0.4, -0.2) is 19.0 Å². The number of hydrogen-bond acceptors (Lipinski definition) is 2. The van der Waals surface area contributed by atoms with Crippen molar-refractivity contribution in [3.8, 4) is 0 Å². The van der Waals surface area contributed by atoms with Crippen LogP contribution in [0.4, 0.5) is 0 Å². The highest BCUT2D eigenvalue weighted by molar-refractivity contribution is 7.07. The molecule has 0 spiro atoms. The van der Waals surface area contributed by atoms with E-state index in [1.54, 1.807) is 11.3 Å². The molecule has 0 saturated carbocycles. The molecule has 0 fully saturated rings. The monoisotopic (exact) mass is 140 g/mol. The fraction of sp³-hybridized carbons (Fsp3) is 0.429. The van der Waals surface area contributed by atoms with Gasteiger partial charge in [0.15, 0.2) is 0 Å². The Labute approximate surface area is 59.9 Å². The highest BCUT2D eigenvalue weighted by Crippen LogP contribution is 2.05. The first-order valence-electron chi connectivity index (χ1n) is 2.87. The van der Waals surface area contributed by atoms with Crippen molar-refractivity contribution in [3.05, 3.63) is 22.4 Å². The predicted octanol–water partition coefficient (Wildman–Crippen LogP) is 1.61.